The van der Waals surface area contributed by atoms with Gasteiger partial charge in [0, 0.05) is 24.3 Å². The van der Waals surface area contributed by atoms with Crippen molar-refractivity contribution in [3.8, 4) is 0 Å². The van der Waals surface area contributed by atoms with Crippen LogP contribution < -0.4 is 5.32 Å². The zero-order valence-electron chi connectivity index (χ0n) is 12.7. The number of ketones is 1. The Morgan fingerprint density at radius 1 is 1.45 bits per heavy atom. The average molecular weight is 366 g/mol. The summed E-state index contributed by atoms with van der Waals surface area (Å²) in [6, 6.07) is 6.15. The smallest absolute Gasteiger partial charge is 0.167 e. The molecule has 0 aromatic heterocycles. The van der Waals surface area contributed by atoms with Gasteiger partial charge in [-0.25, -0.2) is 4.39 Å². The van der Waals surface area contributed by atoms with E-state index in [1.54, 1.807) is 18.2 Å². The first-order valence-electron chi connectivity index (χ1n) is 7.16. The molecule has 0 radical (unpaired) electrons. The monoisotopic (exact) mass is 365 g/mol. The highest BCUT2D eigenvalue weighted by atomic mass is 79.9. The molecule has 0 fully saturated rings. The van der Waals surface area contributed by atoms with Crippen LogP contribution in [-0.2, 0) is 0 Å². The fraction of sp³-hybridized carbons (Fsp3) is 0.278. The third kappa shape index (κ3) is 6.08. The van der Waals surface area contributed by atoms with Gasteiger partial charge in [0.25, 0.3) is 0 Å². The van der Waals surface area contributed by atoms with E-state index in [1.165, 1.54) is 12.1 Å². The summed E-state index contributed by atoms with van der Waals surface area (Å²) >= 11 is 3.34. The summed E-state index contributed by atoms with van der Waals surface area (Å²) in [6.07, 6.45) is 7.92. The number of alkyl halides is 1. The average Bonchev–Trinajstić information content (AvgIpc) is 2.51. The quantitative estimate of drug-likeness (QED) is 0.398. The van der Waals surface area contributed by atoms with Crippen LogP contribution >= 0.6 is 15.9 Å². The molecule has 0 saturated heterocycles. The Balaban J connectivity index is 2.54. The summed E-state index contributed by atoms with van der Waals surface area (Å²) in [5, 5.41) is 4.05. The SMILES string of the molecule is C=C/C=C(\C=C/CBr)[C@H](C)NCCC(=O)c1ccccc1F. The van der Waals surface area contributed by atoms with E-state index in [-0.39, 0.29) is 23.8 Å². The number of carbonyl (C=O) groups excluding carboxylic acids is 1. The van der Waals surface area contributed by atoms with Gasteiger partial charge in [-0.05, 0) is 24.6 Å². The molecule has 0 aliphatic rings. The van der Waals surface area contributed by atoms with Gasteiger partial charge in [-0.3, -0.25) is 4.79 Å². The van der Waals surface area contributed by atoms with E-state index in [1.807, 2.05) is 25.2 Å². The van der Waals surface area contributed by atoms with E-state index in [2.05, 4.69) is 27.8 Å². The fourth-order valence-corrected chi connectivity index (χ4v) is 2.19. The van der Waals surface area contributed by atoms with Crippen LogP contribution in [0.4, 0.5) is 4.39 Å². The summed E-state index contributed by atoms with van der Waals surface area (Å²) in [4.78, 5) is 12.0. The minimum absolute atomic E-state index is 0.0849. The first-order chi connectivity index (χ1) is 10.6. The minimum atomic E-state index is -0.465. The highest BCUT2D eigenvalue weighted by Crippen LogP contribution is 2.10. The van der Waals surface area contributed by atoms with Crippen LogP contribution in [0.5, 0.6) is 0 Å². The van der Waals surface area contributed by atoms with E-state index in [0.717, 1.165) is 10.9 Å². The van der Waals surface area contributed by atoms with Crippen LogP contribution in [0.3, 0.4) is 0 Å². The second-order valence-corrected chi connectivity index (χ2v) is 5.44. The molecule has 1 aromatic carbocycles. The van der Waals surface area contributed by atoms with Crippen molar-refractivity contribution in [1.82, 2.24) is 5.32 Å². The standard InChI is InChI=1S/C18H21BrFNO/c1-3-7-15(8-6-12-19)14(2)21-13-11-18(22)16-9-4-5-10-17(16)20/h3-10,14,21H,1,11-13H2,2H3/b8-6-,15-7+/t14-/m0/s1. The van der Waals surface area contributed by atoms with Gasteiger partial charge in [0.05, 0.1) is 5.56 Å². The van der Waals surface area contributed by atoms with Crippen molar-refractivity contribution >= 4 is 21.7 Å². The van der Waals surface area contributed by atoms with E-state index in [0.29, 0.717) is 6.54 Å². The van der Waals surface area contributed by atoms with Gasteiger partial charge in [-0.2, -0.15) is 0 Å². The van der Waals surface area contributed by atoms with Crippen LogP contribution in [0.25, 0.3) is 0 Å². The van der Waals surface area contributed by atoms with Crippen molar-refractivity contribution in [3.63, 3.8) is 0 Å². The second-order valence-electron chi connectivity index (χ2n) is 4.79. The largest absolute Gasteiger partial charge is 0.310 e. The van der Waals surface area contributed by atoms with Gasteiger partial charge >= 0.3 is 0 Å². The number of rotatable bonds is 9. The topological polar surface area (TPSA) is 29.1 Å². The zero-order valence-corrected chi connectivity index (χ0v) is 14.3. The zero-order chi connectivity index (χ0) is 16.4. The number of carbonyl (C=O) groups is 1. The molecule has 2 nitrogen and oxygen atoms in total. The van der Waals surface area contributed by atoms with Gasteiger partial charge in [-0.1, -0.05) is 58.9 Å². The van der Waals surface area contributed by atoms with E-state index in [9.17, 15) is 9.18 Å². The summed E-state index contributed by atoms with van der Waals surface area (Å²) in [6.45, 7) is 6.21. The number of Topliss-reactive ketones (excluding diaryl/α,β-unsaturated/α-hetero) is 1. The summed E-state index contributed by atoms with van der Waals surface area (Å²) in [5.74, 6) is -0.656. The van der Waals surface area contributed by atoms with Crippen molar-refractivity contribution in [2.45, 2.75) is 19.4 Å². The highest BCUT2D eigenvalue weighted by molar-refractivity contribution is 9.09. The molecule has 0 bridgehead atoms. The number of nitrogens with one attached hydrogen (secondary N) is 1. The first kappa shape index (κ1) is 18.5. The van der Waals surface area contributed by atoms with Crippen molar-refractivity contribution in [2.75, 3.05) is 11.9 Å². The third-order valence-electron chi connectivity index (χ3n) is 3.19. The molecule has 1 rings (SSSR count). The Morgan fingerprint density at radius 2 is 2.18 bits per heavy atom. The van der Waals surface area contributed by atoms with E-state index >= 15 is 0 Å². The lowest BCUT2D eigenvalue weighted by Gasteiger charge is -2.15. The molecule has 0 amide bonds. The molecule has 118 valence electrons. The minimum Gasteiger partial charge on any atom is -0.310 e. The first-order valence-corrected chi connectivity index (χ1v) is 8.28. The molecule has 0 aliphatic heterocycles. The number of allylic oxidation sites excluding steroid dienone is 3. The molecule has 0 unspecified atom stereocenters. The maximum absolute atomic E-state index is 13.5. The van der Waals surface area contributed by atoms with Gasteiger partial charge < -0.3 is 5.32 Å². The van der Waals surface area contributed by atoms with Gasteiger partial charge in [0.2, 0.25) is 0 Å². The molecule has 0 saturated carbocycles. The van der Waals surface area contributed by atoms with Crippen LogP contribution in [0.2, 0.25) is 0 Å². The predicted octanol–water partition coefficient (Wildman–Crippen LogP) is 4.44. The second kappa shape index (κ2) is 10.2. The van der Waals surface area contributed by atoms with E-state index < -0.39 is 5.82 Å². The normalized spacial score (nSPS) is 13.3. The third-order valence-corrected chi connectivity index (χ3v) is 3.56. The fourth-order valence-electron chi connectivity index (χ4n) is 2.00. The maximum atomic E-state index is 13.5. The van der Waals surface area contributed by atoms with Gasteiger partial charge in [0.1, 0.15) is 5.82 Å². The molecule has 22 heavy (non-hydrogen) atoms. The molecular formula is C18H21BrFNO. The lowest BCUT2D eigenvalue weighted by atomic mass is 10.1. The van der Waals surface area contributed by atoms with Crippen molar-refractivity contribution in [2.24, 2.45) is 0 Å². The van der Waals surface area contributed by atoms with E-state index in [4.69, 9.17) is 0 Å². The van der Waals surface area contributed by atoms with Crippen LogP contribution in [0.15, 0.2) is 60.7 Å². The number of hydrogen-bond donors (Lipinski definition) is 1. The Hall–Kier alpha value is -1.52. The summed E-state index contributed by atoms with van der Waals surface area (Å²) in [7, 11) is 0. The maximum Gasteiger partial charge on any atom is 0.167 e. The van der Waals surface area contributed by atoms with Crippen LogP contribution in [0, 0.1) is 5.82 Å². The molecular weight excluding hydrogens is 345 g/mol. The Labute approximate surface area is 139 Å². The van der Waals surface area contributed by atoms with Crippen molar-refractivity contribution in [3.05, 3.63) is 72.1 Å². The molecule has 0 aliphatic carbocycles. The Bertz CT molecular complexity index is 566. The molecule has 0 spiro atoms. The predicted molar refractivity (Wildman–Crippen MR) is 94.0 cm³/mol. The molecule has 1 N–H and O–H groups in total. The highest BCUT2D eigenvalue weighted by Gasteiger charge is 2.11. The molecule has 4 heteroatoms. The van der Waals surface area contributed by atoms with Crippen molar-refractivity contribution in [1.29, 1.82) is 0 Å². The number of hydrogen-bond acceptors (Lipinski definition) is 2. The summed E-state index contributed by atoms with van der Waals surface area (Å²) < 4.78 is 13.5. The number of benzene rings is 1. The lowest BCUT2D eigenvalue weighted by molar-refractivity contribution is 0.0978. The van der Waals surface area contributed by atoms with Crippen molar-refractivity contribution < 1.29 is 9.18 Å². The van der Waals surface area contributed by atoms with Gasteiger partial charge in [0.15, 0.2) is 5.78 Å². The Morgan fingerprint density at radius 3 is 2.82 bits per heavy atom. The molecule has 1 aromatic rings. The number of halogens is 2. The van der Waals surface area contributed by atoms with Gasteiger partial charge in [-0.15, -0.1) is 0 Å². The lowest BCUT2D eigenvalue weighted by Crippen LogP contribution is -2.29. The molecule has 1 atom stereocenters. The summed E-state index contributed by atoms with van der Waals surface area (Å²) in [5.41, 5.74) is 1.23. The van der Waals surface area contributed by atoms with Crippen LogP contribution in [0.1, 0.15) is 23.7 Å². The molecule has 0 heterocycles. The van der Waals surface area contributed by atoms with Crippen LogP contribution in [-0.4, -0.2) is 23.7 Å². The Kier molecular flexibility index (Phi) is 8.63.